The van der Waals surface area contributed by atoms with E-state index in [0.29, 0.717) is 0 Å². The minimum atomic E-state index is -3.64. The van der Waals surface area contributed by atoms with E-state index in [4.69, 9.17) is 5.73 Å². The predicted octanol–water partition coefficient (Wildman–Crippen LogP) is 0.259. The van der Waals surface area contributed by atoms with Crippen LogP contribution in [0.3, 0.4) is 0 Å². The minimum Gasteiger partial charge on any atom is -0.324 e. The van der Waals surface area contributed by atoms with Gasteiger partial charge >= 0.3 is 0 Å². The molecule has 2 aromatic rings. The molecule has 0 aliphatic rings. The molecule has 20 heavy (non-hydrogen) atoms. The molecule has 1 aromatic heterocycles. The van der Waals surface area contributed by atoms with E-state index in [2.05, 4.69) is 25.3 Å². The molecule has 0 saturated carbocycles. The molecular weight excluding hydrogens is 280 g/mol. The van der Waals surface area contributed by atoms with Crippen molar-refractivity contribution in [2.24, 2.45) is 5.73 Å². The van der Waals surface area contributed by atoms with E-state index in [9.17, 15) is 8.42 Å². The van der Waals surface area contributed by atoms with Crippen molar-refractivity contribution < 1.29 is 8.42 Å². The third-order valence-electron chi connectivity index (χ3n) is 2.80. The smallest absolute Gasteiger partial charge is 0.241 e. The summed E-state index contributed by atoms with van der Waals surface area (Å²) in [6.45, 7) is 3.47. The number of hydrogen-bond acceptors (Lipinski definition) is 6. The normalized spacial score (nSPS) is 14.9. The Hall–Kier alpha value is -1.84. The topological polar surface area (TPSA) is 127 Å². The summed E-state index contributed by atoms with van der Waals surface area (Å²) in [5.74, 6) is 0.278. The maximum Gasteiger partial charge on any atom is 0.241 e. The first-order valence-electron chi connectivity index (χ1n) is 6.01. The fourth-order valence-electron chi connectivity index (χ4n) is 1.66. The summed E-state index contributed by atoms with van der Waals surface area (Å²) in [5, 5.41) is 13.2. The molecule has 2 atom stereocenters. The van der Waals surface area contributed by atoms with Gasteiger partial charge in [-0.25, -0.2) is 13.1 Å². The third kappa shape index (κ3) is 3.18. The van der Waals surface area contributed by atoms with Gasteiger partial charge in [-0.15, -0.1) is 10.2 Å². The lowest BCUT2D eigenvalue weighted by molar-refractivity contribution is 0.560. The molecular formula is C11H16N6O2S. The Morgan fingerprint density at radius 3 is 2.40 bits per heavy atom. The average Bonchev–Trinajstić information content (AvgIpc) is 2.92. The lowest BCUT2D eigenvalue weighted by atomic mass is 10.1. The number of sulfonamides is 1. The van der Waals surface area contributed by atoms with Crippen LogP contribution in [0.15, 0.2) is 29.2 Å². The molecule has 2 rings (SSSR count). The van der Waals surface area contributed by atoms with Gasteiger partial charge in [-0.3, -0.25) is 0 Å². The Morgan fingerprint density at radius 1 is 1.25 bits per heavy atom. The van der Waals surface area contributed by atoms with Gasteiger partial charge in [-0.05, 0) is 31.5 Å². The maximum atomic E-state index is 12.2. The van der Waals surface area contributed by atoms with E-state index in [1.165, 1.54) is 12.1 Å². The molecule has 0 aliphatic carbocycles. The highest BCUT2D eigenvalue weighted by Gasteiger charge is 2.20. The Labute approximate surface area is 116 Å². The van der Waals surface area contributed by atoms with E-state index in [1.54, 1.807) is 19.1 Å². The van der Waals surface area contributed by atoms with Crippen molar-refractivity contribution in [1.82, 2.24) is 25.3 Å². The van der Waals surface area contributed by atoms with Crippen LogP contribution in [0.4, 0.5) is 0 Å². The number of tetrazole rings is 1. The van der Waals surface area contributed by atoms with Crippen molar-refractivity contribution in [3.8, 4) is 0 Å². The van der Waals surface area contributed by atoms with Crippen LogP contribution >= 0.6 is 0 Å². The van der Waals surface area contributed by atoms with Gasteiger partial charge < -0.3 is 5.73 Å². The molecule has 0 amide bonds. The number of aromatic nitrogens is 4. The molecule has 0 fully saturated rings. The van der Waals surface area contributed by atoms with E-state index in [-0.39, 0.29) is 16.8 Å². The SMILES string of the molecule is CC(N)c1ccc(S(=O)(=O)NC(C)c2nn[nH]n2)cc1. The summed E-state index contributed by atoms with van der Waals surface area (Å²) in [7, 11) is -3.64. The molecule has 2 unspecified atom stereocenters. The number of rotatable bonds is 5. The summed E-state index contributed by atoms with van der Waals surface area (Å²) in [5.41, 5.74) is 6.60. The van der Waals surface area contributed by atoms with Crippen LogP contribution in [0.5, 0.6) is 0 Å². The number of H-pyrrole nitrogens is 1. The first-order valence-corrected chi connectivity index (χ1v) is 7.49. The maximum absolute atomic E-state index is 12.2. The molecule has 108 valence electrons. The van der Waals surface area contributed by atoms with Crippen LogP contribution in [-0.4, -0.2) is 29.0 Å². The van der Waals surface area contributed by atoms with Gasteiger partial charge in [0.15, 0.2) is 5.82 Å². The Morgan fingerprint density at radius 2 is 1.90 bits per heavy atom. The zero-order valence-electron chi connectivity index (χ0n) is 11.1. The number of benzene rings is 1. The predicted molar refractivity (Wildman–Crippen MR) is 72.0 cm³/mol. The molecule has 9 heteroatoms. The number of nitrogens with one attached hydrogen (secondary N) is 2. The van der Waals surface area contributed by atoms with Crippen LogP contribution in [0.25, 0.3) is 0 Å². The number of nitrogens with zero attached hydrogens (tertiary/aromatic N) is 3. The Balaban J connectivity index is 2.18. The first-order chi connectivity index (χ1) is 9.40. The minimum absolute atomic E-state index is 0.141. The van der Waals surface area contributed by atoms with Crippen LogP contribution in [-0.2, 0) is 10.0 Å². The van der Waals surface area contributed by atoms with Gasteiger partial charge in [0.1, 0.15) is 0 Å². The van der Waals surface area contributed by atoms with Gasteiger partial charge in [-0.2, -0.15) is 5.21 Å². The molecule has 1 heterocycles. The molecule has 0 spiro atoms. The van der Waals surface area contributed by atoms with Crippen LogP contribution < -0.4 is 10.5 Å². The first kappa shape index (κ1) is 14.6. The highest BCUT2D eigenvalue weighted by Crippen LogP contribution is 2.16. The van der Waals surface area contributed by atoms with Crippen LogP contribution in [0.1, 0.15) is 37.3 Å². The van der Waals surface area contributed by atoms with Gasteiger partial charge in [0.05, 0.1) is 10.9 Å². The molecule has 0 radical (unpaired) electrons. The lowest BCUT2D eigenvalue weighted by Crippen LogP contribution is -2.27. The molecule has 0 bridgehead atoms. The quantitative estimate of drug-likeness (QED) is 0.726. The summed E-state index contributed by atoms with van der Waals surface area (Å²) >= 11 is 0. The number of hydrogen-bond donors (Lipinski definition) is 3. The van der Waals surface area contributed by atoms with Crippen molar-refractivity contribution >= 4 is 10.0 Å². The highest BCUT2D eigenvalue weighted by atomic mass is 32.2. The second kappa shape index (κ2) is 5.65. The number of aromatic amines is 1. The van der Waals surface area contributed by atoms with Crippen LogP contribution in [0, 0.1) is 0 Å². The fourth-order valence-corrected chi connectivity index (χ4v) is 2.86. The van der Waals surface area contributed by atoms with Gasteiger partial charge in [0.2, 0.25) is 10.0 Å². The molecule has 1 aromatic carbocycles. The molecule has 0 saturated heterocycles. The Kier molecular flexibility index (Phi) is 4.12. The van der Waals surface area contributed by atoms with Crippen molar-refractivity contribution in [2.45, 2.75) is 30.8 Å². The molecule has 0 aliphatic heterocycles. The van der Waals surface area contributed by atoms with Crippen molar-refractivity contribution in [2.75, 3.05) is 0 Å². The number of nitrogens with two attached hydrogens (primary N) is 1. The van der Waals surface area contributed by atoms with E-state index >= 15 is 0 Å². The third-order valence-corrected chi connectivity index (χ3v) is 4.35. The van der Waals surface area contributed by atoms with Crippen molar-refractivity contribution in [3.63, 3.8) is 0 Å². The van der Waals surface area contributed by atoms with Crippen molar-refractivity contribution in [3.05, 3.63) is 35.7 Å². The molecule has 4 N–H and O–H groups in total. The fraction of sp³-hybridized carbons (Fsp3) is 0.364. The second-order valence-electron chi connectivity index (χ2n) is 4.47. The van der Waals surface area contributed by atoms with Gasteiger partial charge in [0, 0.05) is 6.04 Å². The zero-order valence-corrected chi connectivity index (χ0v) is 11.9. The van der Waals surface area contributed by atoms with Gasteiger partial charge in [0.25, 0.3) is 0 Å². The summed E-state index contributed by atoms with van der Waals surface area (Å²) in [4.78, 5) is 0.164. The monoisotopic (exact) mass is 296 g/mol. The average molecular weight is 296 g/mol. The van der Waals surface area contributed by atoms with E-state index < -0.39 is 16.1 Å². The summed E-state index contributed by atoms with van der Waals surface area (Å²) in [6, 6.07) is 5.70. The lowest BCUT2D eigenvalue weighted by Gasteiger charge is -2.12. The van der Waals surface area contributed by atoms with E-state index in [1.807, 2.05) is 6.92 Å². The molecule has 8 nitrogen and oxygen atoms in total. The second-order valence-corrected chi connectivity index (χ2v) is 6.18. The van der Waals surface area contributed by atoms with Crippen LogP contribution in [0.2, 0.25) is 0 Å². The highest BCUT2D eigenvalue weighted by molar-refractivity contribution is 7.89. The standard InChI is InChI=1S/C11H16N6O2S/c1-7(12)9-3-5-10(6-4-9)20(18,19)15-8(2)11-13-16-17-14-11/h3-8,15H,12H2,1-2H3,(H,13,14,16,17). The van der Waals surface area contributed by atoms with Crippen molar-refractivity contribution in [1.29, 1.82) is 0 Å². The van der Waals surface area contributed by atoms with E-state index in [0.717, 1.165) is 5.56 Å². The summed E-state index contributed by atoms with van der Waals surface area (Å²) in [6.07, 6.45) is 0. The zero-order chi connectivity index (χ0) is 14.8. The largest absolute Gasteiger partial charge is 0.324 e. The Bertz CT molecular complexity index is 651. The summed E-state index contributed by atoms with van der Waals surface area (Å²) < 4.78 is 26.9. The van der Waals surface area contributed by atoms with Gasteiger partial charge in [-0.1, -0.05) is 17.3 Å².